The maximum atomic E-state index is 13.1. The van der Waals surface area contributed by atoms with E-state index in [1.54, 1.807) is 13.8 Å². The molecule has 0 aliphatic rings. The normalized spacial score (nSPS) is 13.8. The molecule has 1 atom stereocenters. The van der Waals surface area contributed by atoms with Gasteiger partial charge in [-0.15, -0.1) is 0 Å². The molecule has 24 heavy (non-hydrogen) atoms. The molecule has 130 valence electrons. The van der Waals surface area contributed by atoms with E-state index in [1.165, 1.54) is 30.3 Å². The molecule has 8 heteroatoms. The van der Waals surface area contributed by atoms with Crippen molar-refractivity contribution in [3.8, 4) is 11.3 Å². The molecule has 0 bridgehead atoms. The summed E-state index contributed by atoms with van der Waals surface area (Å²) in [5, 5.41) is 9.53. The number of aliphatic hydroxyl groups excluding tert-OH is 1. The molecule has 0 radical (unpaired) electrons. The van der Waals surface area contributed by atoms with Crippen LogP contribution in [-0.2, 0) is 5.54 Å². The monoisotopic (exact) mass is 362 g/mol. The lowest BCUT2D eigenvalue weighted by molar-refractivity contribution is -0.207. The number of aromatic nitrogens is 1. The second-order valence-corrected chi connectivity index (χ2v) is 6.03. The van der Waals surface area contributed by atoms with Crippen LogP contribution in [0.4, 0.5) is 17.6 Å². The van der Waals surface area contributed by atoms with Crippen molar-refractivity contribution in [2.45, 2.75) is 31.7 Å². The van der Waals surface area contributed by atoms with Crippen molar-refractivity contribution in [3.63, 3.8) is 0 Å². The molecular weight excluding hydrogens is 348 g/mol. The molecule has 1 unspecified atom stereocenters. The summed E-state index contributed by atoms with van der Waals surface area (Å²) < 4.78 is 51.6. The van der Waals surface area contributed by atoms with Crippen molar-refractivity contribution < 1.29 is 22.7 Å². The predicted molar refractivity (Wildman–Crippen MR) is 82.7 cm³/mol. The summed E-state index contributed by atoms with van der Waals surface area (Å²) in [4.78, 5) is 6.36. The highest BCUT2D eigenvalue weighted by Gasteiger charge is 2.41. The molecule has 2 aromatic rings. The Balaban J connectivity index is 2.62. The molecule has 0 aliphatic carbocycles. The zero-order chi connectivity index (χ0) is 18.1. The first-order chi connectivity index (χ1) is 11.0. The van der Waals surface area contributed by atoms with Crippen LogP contribution in [0.1, 0.15) is 31.2 Å². The van der Waals surface area contributed by atoms with Crippen LogP contribution in [0.5, 0.6) is 0 Å². The van der Waals surface area contributed by atoms with Crippen LogP contribution in [-0.4, -0.2) is 16.3 Å². The fraction of sp³-hybridized carbons (Fsp3) is 0.312. The van der Waals surface area contributed by atoms with Crippen LogP contribution in [0.25, 0.3) is 11.3 Å². The third kappa shape index (κ3) is 4.03. The zero-order valence-electron chi connectivity index (χ0n) is 12.8. The van der Waals surface area contributed by atoms with Gasteiger partial charge in [-0.3, -0.25) is 0 Å². The average Bonchev–Trinajstić information content (AvgIpc) is 2.53. The Hall–Kier alpha value is -1.70. The van der Waals surface area contributed by atoms with Gasteiger partial charge in [0.05, 0.1) is 16.9 Å². The Bertz CT molecular complexity index is 717. The lowest BCUT2D eigenvalue weighted by atomic mass is 9.93. The van der Waals surface area contributed by atoms with E-state index in [0.717, 1.165) is 6.07 Å². The van der Waals surface area contributed by atoms with Gasteiger partial charge in [-0.1, -0.05) is 0 Å². The lowest BCUT2D eigenvalue weighted by Crippen LogP contribution is -2.30. The zero-order valence-corrected chi connectivity index (χ0v) is 13.6. The van der Waals surface area contributed by atoms with Crippen molar-refractivity contribution in [3.05, 3.63) is 53.5 Å². The number of nitrogens with one attached hydrogen (secondary N) is 1. The Morgan fingerprint density at radius 1 is 1.12 bits per heavy atom. The number of nitrogens with zero attached hydrogens (tertiary/aromatic N) is 1. The number of benzene rings is 1. The van der Waals surface area contributed by atoms with Crippen LogP contribution >= 0.6 is 11.8 Å². The molecule has 1 aromatic heterocycles. The molecule has 3 nitrogen and oxygen atoms in total. The highest BCUT2D eigenvalue weighted by atomic mass is 35.5. The molecule has 1 aromatic carbocycles. The number of hydrogen-bond acceptors (Lipinski definition) is 3. The minimum Gasteiger partial charge on any atom is -0.378 e. The molecular formula is C16H15ClF4N2O. The van der Waals surface area contributed by atoms with Gasteiger partial charge in [0.15, 0.2) is 6.10 Å². The molecule has 0 saturated heterocycles. The van der Waals surface area contributed by atoms with Gasteiger partial charge >= 0.3 is 6.18 Å². The van der Waals surface area contributed by atoms with Crippen LogP contribution in [0.15, 0.2) is 36.4 Å². The molecule has 0 amide bonds. The van der Waals surface area contributed by atoms with Gasteiger partial charge in [0, 0.05) is 5.56 Å². The second-order valence-electron chi connectivity index (χ2n) is 5.84. The first-order valence-corrected chi connectivity index (χ1v) is 7.33. The highest BCUT2D eigenvalue weighted by molar-refractivity contribution is 6.13. The third-order valence-corrected chi connectivity index (χ3v) is 4.01. The topological polar surface area (TPSA) is 45.2 Å². The summed E-state index contributed by atoms with van der Waals surface area (Å²) in [6.07, 6.45) is -7.59. The summed E-state index contributed by atoms with van der Waals surface area (Å²) in [5.41, 5.74) is -0.450. The summed E-state index contributed by atoms with van der Waals surface area (Å²) in [5.74, 6) is -0.479. The minimum absolute atomic E-state index is 0.172. The number of pyridine rings is 1. The molecule has 2 N–H and O–H groups in total. The highest BCUT2D eigenvalue weighted by Crippen LogP contribution is 2.35. The van der Waals surface area contributed by atoms with Gasteiger partial charge in [-0.05, 0) is 67.6 Å². The Labute approximate surface area is 141 Å². The van der Waals surface area contributed by atoms with Crippen LogP contribution in [0, 0.1) is 5.82 Å². The molecule has 1 heterocycles. The van der Waals surface area contributed by atoms with E-state index in [2.05, 4.69) is 9.82 Å². The van der Waals surface area contributed by atoms with Gasteiger partial charge < -0.3 is 5.11 Å². The van der Waals surface area contributed by atoms with Crippen molar-refractivity contribution >= 4 is 11.8 Å². The summed E-state index contributed by atoms with van der Waals surface area (Å²) in [6.45, 7) is 3.32. The van der Waals surface area contributed by atoms with E-state index >= 15 is 0 Å². The average molecular weight is 363 g/mol. The van der Waals surface area contributed by atoms with Gasteiger partial charge in [0.25, 0.3) is 0 Å². The Morgan fingerprint density at radius 2 is 1.71 bits per heavy atom. The molecule has 0 aliphatic heterocycles. The number of hydrogen-bond donors (Lipinski definition) is 2. The molecule has 0 spiro atoms. The van der Waals surface area contributed by atoms with Crippen molar-refractivity contribution in [2.75, 3.05) is 0 Å². The minimum atomic E-state index is -4.86. The maximum absolute atomic E-state index is 13.1. The first kappa shape index (κ1) is 18.6. The maximum Gasteiger partial charge on any atom is 0.420 e. The fourth-order valence-electron chi connectivity index (χ4n) is 2.04. The van der Waals surface area contributed by atoms with Gasteiger partial charge in [-0.2, -0.15) is 13.2 Å². The van der Waals surface area contributed by atoms with Crippen LogP contribution < -0.4 is 4.84 Å². The smallest absolute Gasteiger partial charge is 0.378 e. The molecule has 0 fully saturated rings. The molecule has 0 saturated carbocycles. The summed E-state index contributed by atoms with van der Waals surface area (Å²) >= 11 is 5.66. The number of aliphatic hydroxyl groups is 1. The van der Waals surface area contributed by atoms with E-state index in [9.17, 15) is 22.7 Å². The first-order valence-electron chi connectivity index (χ1n) is 6.95. The number of halogens is 5. The molecule has 2 rings (SSSR count). The third-order valence-electron chi connectivity index (χ3n) is 3.53. The van der Waals surface area contributed by atoms with E-state index in [4.69, 9.17) is 11.8 Å². The van der Waals surface area contributed by atoms with Gasteiger partial charge in [0.1, 0.15) is 5.82 Å². The van der Waals surface area contributed by atoms with Crippen LogP contribution in [0.2, 0.25) is 0 Å². The Kier molecular flexibility index (Phi) is 5.17. The van der Waals surface area contributed by atoms with Crippen molar-refractivity contribution in [1.29, 1.82) is 0 Å². The van der Waals surface area contributed by atoms with E-state index in [0.29, 0.717) is 11.1 Å². The van der Waals surface area contributed by atoms with Crippen LogP contribution in [0.3, 0.4) is 0 Å². The van der Waals surface area contributed by atoms with E-state index < -0.39 is 29.3 Å². The fourth-order valence-corrected chi connectivity index (χ4v) is 2.15. The SMILES string of the molecule is CC(C)(NCl)c1cc(-c2ccc(F)cc2)nc(C(O)C(F)(F)F)c1. The van der Waals surface area contributed by atoms with E-state index in [1.807, 2.05) is 0 Å². The number of rotatable bonds is 4. The Morgan fingerprint density at radius 3 is 2.21 bits per heavy atom. The lowest BCUT2D eigenvalue weighted by Gasteiger charge is -2.25. The summed E-state index contributed by atoms with van der Waals surface area (Å²) in [7, 11) is 0. The van der Waals surface area contributed by atoms with Gasteiger partial charge in [0.2, 0.25) is 0 Å². The summed E-state index contributed by atoms with van der Waals surface area (Å²) in [6, 6.07) is 7.82. The van der Waals surface area contributed by atoms with Crippen molar-refractivity contribution in [1.82, 2.24) is 9.82 Å². The van der Waals surface area contributed by atoms with Gasteiger partial charge in [-0.25, -0.2) is 14.2 Å². The number of alkyl halides is 3. The largest absolute Gasteiger partial charge is 0.420 e. The predicted octanol–water partition coefficient (Wildman–Crippen LogP) is 4.46. The van der Waals surface area contributed by atoms with E-state index in [-0.39, 0.29) is 5.69 Å². The van der Waals surface area contributed by atoms with Crippen molar-refractivity contribution in [2.24, 2.45) is 0 Å². The quantitative estimate of drug-likeness (QED) is 0.623. The standard InChI is InChI=1S/C16H15ClF4N2O/c1-15(2,23-17)10-7-12(9-3-5-11(18)6-4-9)22-13(8-10)14(24)16(19,20)21/h3-8,14,23-24H,1-2H3. The second kappa shape index (κ2) is 6.66.